The van der Waals surface area contributed by atoms with E-state index in [0.717, 1.165) is 44.3 Å². The van der Waals surface area contributed by atoms with Gasteiger partial charge in [0.25, 0.3) is 0 Å². The Morgan fingerprint density at radius 1 is 0.784 bits per heavy atom. The van der Waals surface area contributed by atoms with Crippen molar-refractivity contribution in [3.8, 4) is 5.75 Å². The summed E-state index contributed by atoms with van der Waals surface area (Å²) in [6, 6.07) is 17.2. The molecule has 2 N–H and O–H groups in total. The van der Waals surface area contributed by atoms with Crippen LogP contribution >= 0.6 is 0 Å². The van der Waals surface area contributed by atoms with Crippen molar-refractivity contribution >= 4 is 11.9 Å². The van der Waals surface area contributed by atoms with Gasteiger partial charge in [0.15, 0.2) is 0 Å². The lowest BCUT2D eigenvalue weighted by atomic mass is 9.84. The van der Waals surface area contributed by atoms with Crippen molar-refractivity contribution in [1.82, 2.24) is 0 Å². The number of hydrogen-bond acceptors (Lipinski definition) is 3. The minimum atomic E-state index is -0.743. The first kappa shape index (κ1) is 28.7. The third-order valence-corrected chi connectivity index (χ3v) is 7.75. The Bertz CT molecular complexity index is 924. The average molecular weight is 509 g/mol. The molecule has 1 aliphatic carbocycles. The number of hydrogen-bond donors (Lipinski definition) is 2. The number of ether oxygens (including phenoxy) is 1. The van der Waals surface area contributed by atoms with Gasteiger partial charge in [-0.05, 0) is 73.1 Å². The van der Waals surface area contributed by atoms with Gasteiger partial charge in [0.05, 0.1) is 0 Å². The van der Waals surface area contributed by atoms with Gasteiger partial charge in [0.1, 0.15) is 12.4 Å². The number of aliphatic carboxylic acids is 2. The second-order valence-corrected chi connectivity index (χ2v) is 10.7. The molecule has 0 unspecified atom stereocenters. The minimum Gasteiger partial charge on any atom is -0.489 e. The Kier molecular flexibility index (Phi) is 12.5. The van der Waals surface area contributed by atoms with E-state index in [9.17, 15) is 9.59 Å². The van der Waals surface area contributed by atoms with E-state index >= 15 is 0 Å². The first-order valence-corrected chi connectivity index (χ1v) is 14.2. The maximum absolute atomic E-state index is 10.9. The molecular formula is C32H44O5. The van der Waals surface area contributed by atoms with Crippen molar-refractivity contribution in [2.24, 2.45) is 5.92 Å². The third-order valence-electron chi connectivity index (χ3n) is 7.75. The highest BCUT2D eigenvalue weighted by Gasteiger charge is 2.16. The van der Waals surface area contributed by atoms with E-state index < -0.39 is 11.9 Å². The van der Waals surface area contributed by atoms with Gasteiger partial charge in [-0.25, -0.2) is 0 Å². The summed E-state index contributed by atoms with van der Waals surface area (Å²) in [7, 11) is 0. The molecule has 0 bridgehead atoms. The van der Waals surface area contributed by atoms with Crippen molar-refractivity contribution in [1.29, 1.82) is 0 Å². The predicted octanol–water partition coefficient (Wildman–Crippen LogP) is 8.15. The van der Waals surface area contributed by atoms with Crippen LogP contribution in [0.4, 0.5) is 0 Å². The summed E-state index contributed by atoms with van der Waals surface area (Å²) in [5, 5.41) is 17.8. The molecule has 3 rings (SSSR count). The van der Waals surface area contributed by atoms with Crippen LogP contribution in [0.5, 0.6) is 5.75 Å². The molecule has 0 heterocycles. The van der Waals surface area contributed by atoms with Gasteiger partial charge in [0.2, 0.25) is 0 Å². The van der Waals surface area contributed by atoms with Crippen LogP contribution in [-0.4, -0.2) is 22.2 Å². The Hall–Kier alpha value is -2.82. The number of carboxylic acid groups (broad SMARTS) is 2. The summed E-state index contributed by atoms with van der Waals surface area (Å²) >= 11 is 0. The minimum absolute atomic E-state index is 0.212. The van der Waals surface area contributed by atoms with Gasteiger partial charge in [-0.1, -0.05) is 87.4 Å². The van der Waals surface area contributed by atoms with E-state index in [2.05, 4.69) is 36.4 Å². The zero-order valence-electron chi connectivity index (χ0n) is 22.2. The van der Waals surface area contributed by atoms with Gasteiger partial charge in [-0.3, -0.25) is 9.59 Å². The Morgan fingerprint density at radius 3 is 2.03 bits per heavy atom. The van der Waals surface area contributed by atoms with Crippen molar-refractivity contribution in [3.63, 3.8) is 0 Å². The van der Waals surface area contributed by atoms with Gasteiger partial charge >= 0.3 is 11.9 Å². The van der Waals surface area contributed by atoms with Crippen LogP contribution in [0.3, 0.4) is 0 Å². The highest BCUT2D eigenvalue weighted by atomic mass is 16.5. The fourth-order valence-corrected chi connectivity index (χ4v) is 5.55. The zero-order chi connectivity index (χ0) is 26.3. The lowest BCUT2D eigenvalue weighted by Gasteiger charge is -2.22. The van der Waals surface area contributed by atoms with Gasteiger partial charge < -0.3 is 14.9 Å². The fraction of sp³-hybridized carbons (Fsp3) is 0.562. The van der Waals surface area contributed by atoms with E-state index in [-0.39, 0.29) is 12.8 Å². The predicted molar refractivity (Wildman–Crippen MR) is 147 cm³/mol. The molecule has 0 amide bonds. The van der Waals surface area contributed by atoms with Gasteiger partial charge in [0, 0.05) is 12.8 Å². The molecule has 0 saturated heterocycles. The molecule has 2 aromatic carbocycles. The lowest BCUT2D eigenvalue weighted by Crippen LogP contribution is -2.06. The number of carboxylic acids is 2. The number of benzene rings is 2. The molecular weight excluding hydrogens is 464 g/mol. The highest BCUT2D eigenvalue weighted by molar-refractivity contribution is 5.66. The van der Waals surface area contributed by atoms with Crippen LogP contribution < -0.4 is 4.74 Å². The van der Waals surface area contributed by atoms with E-state index in [1.165, 1.54) is 48.8 Å². The molecule has 0 radical (unpaired) electrons. The largest absolute Gasteiger partial charge is 0.489 e. The second kappa shape index (κ2) is 16.1. The third kappa shape index (κ3) is 11.0. The number of unbranched alkanes of at least 4 members (excludes halogenated alkanes) is 2. The van der Waals surface area contributed by atoms with E-state index in [1.54, 1.807) is 0 Å². The van der Waals surface area contributed by atoms with Crippen LogP contribution in [0, 0.1) is 5.92 Å². The molecule has 202 valence electrons. The highest BCUT2D eigenvalue weighted by Crippen LogP contribution is 2.33. The number of para-hydroxylation sites is 1. The Labute approximate surface area is 222 Å². The van der Waals surface area contributed by atoms with Crippen LogP contribution in [0.15, 0.2) is 48.5 Å². The SMILES string of the molecule is O=C(O)CCCCC(CCCCC(=O)O)CCc1ccccc1OCc1ccc(C2CCCCC2)cc1. The summed E-state index contributed by atoms with van der Waals surface area (Å²) in [6.45, 7) is 0.551. The van der Waals surface area contributed by atoms with Crippen LogP contribution in [-0.2, 0) is 22.6 Å². The quantitative estimate of drug-likeness (QED) is 0.211. The molecule has 0 aliphatic heterocycles. The molecule has 5 nitrogen and oxygen atoms in total. The monoisotopic (exact) mass is 508 g/mol. The van der Waals surface area contributed by atoms with Gasteiger partial charge in [-0.15, -0.1) is 0 Å². The second-order valence-electron chi connectivity index (χ2n) is 10.7. The molecule has 2 aromatic rings. The van der Waals surface area contributed by atoms with Crippen LogP contribution in [0.1, 0.15) is 112 Å². The Morgan fingerprint density at radius 2 is 1.41 bits per heavy atom. The number of aryl methyl sites for hydroxylation is 1. The zero-order valence-corrected chi connectivity index (χ0v) is 22.2. The number of rotatable bonds is 17. The average Bonchev–Trinajstić information content (AvgIpc) is 2.91. The van der Waals surface area contributed by atoms with Crippen molar-refractivity contribution < 1.29 is 24.5 Å². The maximum Gasteiger partial charge on any atom is 0.303 e. The smallest absolute Gasteiger partial charge is 0.303 e. The van der Waals surface area contributed by atoms with Crippen molar-refractivity contribution in [2.75, 3.05) is 0 Å². The van der Waals surface area contributed by atoms with E-state index in [1.807, 2.05) is 12.1 Å². The molecule has 1 saturated carbocycles. The summed E-state index contributed by atoms with van der Waals surface area (Å²) in [5.41, 5.74) is 3.84. The molecule has 37 heavy (non-hydrogen) atoms. The molecule has 0 aromatic heterocycles. The normalized spacial score (nSPS) is 14.1. The van der Waals surface area contributed by atoms with Crippen molar-refractivity contribution in [2.45, 2.75) is 109 Å². The standard InChI is InChI=1S/C32H44O5/c33-31(34)16-8-4-10-25(11-5-9-17-32(35)36)18-23-29-14-6-7-15-30(29)37-24-26-19-21-28(22-20-26)27-12-2-1-3-13-27/h6-7,14-15,19-22,25,27H,1-5,8-13,16-18,23-24H2,(H,33,34)(H,35,36). The van der Waals surface area contributed by atoms with Gasteiger partial charge in [-0.2, -0.15) is 0 Å². The first-order chi connectivity index (χ1) is 18.0. The summed E-state index contributed by atoms with van der Waals surface area (Å²) in [4.78, 5) is 21.7. The van der Waals surface area contributed by atoms with E-state index in [0.29, 0.717) is 31.3 Å². The summed E-state index contributed by atoms with van der Waals surface area (Å²) in [6.07, 6.45) is 14.1. The molecule has 1 fully saturated rings. The lowest BCUT2D eigenvalue weighted by molar-refractivity contribution is -0.138. The van der Waals surface area contributed by atoms with Crippen LogP contribution in [0.2, 0.25) is 0 Å². The first-order valence-electron chi connectivity index (χ1n) is 14.2. The molecule has 5 heteroatoms. The van der Waals surface area contributed by atoms with Crippen molar-refractivity contribution in [3.05, 3.63) is 65.2 Å². The molecule has 0 spiro atoms. The Balaban J connectivity index is 1.51. The van der Waals surface area contributed by atoms with Crippen LogP contribution in [0.25, 0.3) is 0 Å². The summed E-state index contributed by atoms with van der Waals surface area (Å²) < 4.78 is 6.26. The topological polar surface area (TPSA) is 83.8 Å². The fourth-order valence-electron chi connectivity index (χ4n) is 5.55. The molecule has 0 atom stereocenters. The number of carbonyl (C=O) groups is 2. The molecule has 1 aliphatic rings. The van der Waals surface area contributed by atoms with E-state index in [4.69, 9.17) is 14.9 Å². The maximum atomic E-state index is 10.9. The summed E-state index contributed by atoms with van der Waals surface area (Å²) in [5.74, 6) is 0.614.